The topological polar surface area (TPSA) is 0 Å². The first-order valence-corrected chi connectivity index (χ1v) is 18.0. The van der Waals surface area contributed by atoms with E-state index < -0.39 is 0 Å². The number of fused-ring (bicyclic) bond motifs is 1. The zero-order valence-electron chi connectivity index (χ0n) is 28.4. The summed E-state index contributed by atoms with van der Waals surface area (Å²) in [7, 11) is 0. The van der Waals surface area contributed by atoms with E-state index in [1.54, 1.807) is 0 Å². The second-order valence-electron chi connectivity index (χ2n) is 13.5. The van der Waals surface area contributed by atoms with Crippen molar-refractivity contribution in [1.29, 1.82) is 0 Å². The van der Waals surface area contributed by atoms with Gasteiger partial charge >= 0.3 is 0 Å². The van der Waals surface area contributed by atoms with Crippen LogP contribution in [0.25, 0.3) is 33.3 Å². The van der Waals surface area contributed by atoms with Crippen LogP contribution in [-0.4, -0.2) is 6.71 Å². The monoisotopic (exact) mass is 648 g/mol. The van der Waals surface area contributed by atoms with Gasteiger partial charge in [-0.3, -0.25) is 0 Å². The summed E-state index contributed by atoms with van der Waals surface area (Å²) in [6.45, 7) is 0.109. The first-order chi connectivity index (χ1) is 25.4. The van der Waals surface area contributed by atoms with Crippen molar-refractivity contribution in [3.63, 3.8) is 0 Å². The van der Waals surface area contributed by atoms with Crippen molar-refractivity contribution < 1.29 is 0 Å². The molecule has 0 aromatic heterocycles. The molecule has 0 saturated heterocycles. The molecule has 2 aliphatic heterocycles. The third-order valence-electron chi connectivity index (χ3n) is 10.7. The maximum atomic E-state index is 2.35. The van der Waals surface area contributed by atoms with Crippen molar-refractivity contribution in [3.05, 3.63) is 251 Å². The third-order valence-corrected chi connectivity index (χ3v) is 10.7. The molecule has 2 unspecified atom stereocenters. The van der Waals surface area contributed by atoms with Crippen molar-refractivity contribution in [2.75, 3.05) is 0 Å². The van der Waals surface area contributed by atoms with E-state index in [9.17, 15) is 0 Å². The second kappa shape index (κ2) is 13.6. The average molecular weight is 649 g/mol. The Hall–Kier alpha value is -6.18. The highest BCUT2D eigenvalue weighted by molar-refractivity contribution is 6.91. The predicted molar refractivity (Wildman–Crippen MR) is 218 cm³/mol. The average Bonchev–Trinajstić information content (AvgIpc) is 3.58. The van der Waals surface area contributed by atoms with E-state index in [1.165, 1.54) is 72.3 Å². The van der Waals surface area contributed by atoms with Crippen LogP contribution in [0.4, 0.5) is 0 Å². The SMILES string of the molecule is c1ccc(C2=C(c3ccccc3)C(c3ccccc3)=C(c3ccccc3)C3B2C(c2ccccc2)C(c2ccccc2)=C3c2ccccc2)cc1. The van der Waals surface area contributed by atoms with E-state index in [0.717, 1.165) is 0 Å². The van der Waals surface area contributed by atoms with E-state index >= 15 is 0 Å². The van der Waals surface area contributed by atoms with Crippen LogP contribution in [0.5, 0.6) is 0 Å². The highest BCUT2D eigenvalue weighted by atomic mass is 14.4. The van der Waals surface area contributed by atoms with Crippen LogP contribution in [0.1, 0.15) is 44.8 Å². The van der Waals surface area contributed by atoms with Gasteiger partial charge in [0.15, 0.2) is 0 Å². The first kappa shape index (κ1) is 30.9. The van der Waals surface area contributed by atoms with Gasteiger partial charge in [-0.15, -0.1) is 0 Å². The Morgan fingerprint density at radius 2 is 0.569 bits per heavy atom. The zero-order valence-corrected chi connectivity index (χ0v) is 28.4. The van der Waals surface area contributed by atoms with E-state index in [-0.39, 0.29) is 18.3 Å². The summed E-state index contributed by atoms with van der Waals surface area (Å²) >= 11 is 0. The Labute approximate surface area is 301 Å². The van der Waals surface area contributed by atoms with Crippen molar-refractivity contribution in [2.24, 2.45) is 0 Å². The van der Waals surface area contributed by atoms with Crippen LogP contribution in [0.3, 0.4) is 0 Å². The standard InChI is InChI=1S/C50H37B/c1-8-22-36(23-9-1)43-44(37-24-10-2-11-25-37)48(41-32-18-6-19-33-41)51-49(42-34-20-7-21-35-42)46(39-28-14-4-15-29-39)47(40-30-16-5-17-31-40)50(51)45(43)38-26-12-3-13-27-38/h1-35,49-50H. The van der Waals surface area contributed by atoms with Crippen LogP contribution in [0, 0.1) is 0 Å². The van der Waals surface area contributed by atoms with Crippen LogP contribution in [-0.2, 0) is 0 Å². The number of hydrogen-bond acceptors (Lipinski definition) is 0. The molecule has 0 bridgehead atoms. The molecule has 0 N–H and O–H groups in total. The van der Waals surface area contributed by atoms with Gasteiger partial charge in [-0.25, -0.2) is 0 Å². The van der Waals surface area contributed by atoms with Crippen molar-refractivity contribution in [1.82, 2.24) is 0 Å². The second-order valence-corrected chi connectivity index (χ2v) is 13.5. The zero-order chi connectivity index (χ0) is 34.0. The summed E-state index contributed by atoms with van der Waals surface area (Å²) < 4.78 is 0. The molecule has 2 aliphatic rings. The van der Waals surface area contributed by atoms with Gasteiger partial charge in [-0.05, 0) is 78.4 Å². The van der Waals surface area contributed by atoms with Gasteiger partial charge in [0.2, 0.25) is 6.71 Å². The lowest BCUT2D eigenvalue weighted by molar-refractivity contribution is 1.20. The van der Waals surface area contributed by atoms with Gasteiger partial charge in [0.1, 0.15) is 0 Å². The lowest BCUT2D eigenvalue weighted by atomic mass is 9.26. The minimum atomic E-state index is 0.0630. The Morgan fingerprint density at radius 3 is 1.00 bits per heavy atom. The van der Waals surface area contributed by atoms with Crippen LogP contribution < -0.4 is 0 Å². The highest BCUT2D eigenvalue weighted by Gasteiger charge is 2.53. The molecular formula is C50H37B. The fourth-order valence-electron chi connectivity index (χ4n) is 8.78. The number of rotatable bonds is 7. The van der Waals surface area contributed by atoms with E-state index in [1.807, 2.05) is 0 Å². The maximum absolute atomic E-state index is 2.35. The summed E-state index contributed by atoms with van der Waals surface area (Å²) in [5, 5.41) is 0. The van der Waals surface area contributed by atoms with Gasteiger partial charge in [-0.1, -0.05) is 218 Å². The highest BCUT2D eigenvalue weighted by Crippen LogP contribution is 2.66. The fourth-order valence-corrected chi connectivity index (χ4v) is 8.78. The van der Waals surface area contributed by atoms with E-state index in [0.29, 0.717) is 0 Å². The summed E-state index contributed by atoms with van der Waals surface area (Å²) in [5.74, 6) is 0.159. The molecule has 2 atom stereocenters. The maximum Gasteiger partial charge on any atom is 0.202 e. The molecule has 1 heteroatoms. The van der Waals surface area contributed by atoms with Crippen molar-refractivity contribution in [3.8, 4) is 0 Å². The predicted octanol–water partition coefficient (Wildman–Crippen LogP) is 12.6. The Balaban J connectivity index is 1.52. The Bertz CT molecular complexity index is 2360. The molecule has 0 radical (unpaired) electrons. The molecule has 0 fully saturated rings. The molecule has 0 saturated carbocycles. The first-order valence-electron chi connectivity index (χ1n) is 18.0. The quantitative estimate of drug-likeness (QED) is 0.151. The number of benzene rings is 7. The molecule has 9 rings (SSSR count). The lowest BCUT2D eigenvalue weighted by Gasteiger charge is -2.39. The molecule has 0 nitrogen and oxygen atoms in total. The van der Waals surface area contributed by atoms with E-state index in [2.05, 4.69) is 212 Å². The third kappa shape index (κ3) is 5.52. The lowest BCUT2D eigenvalue weighted by Crippen LogP contribution is -2.32. The van der Waals surface area contributed by atoms with Crippen molar-refractivity contribution in [2.45, 2.75) is 11.6 Å². The Morgan fingerprint density at radius 1 is 0.255 bits per heavy atom. The molecule has 7 aromatic rings. The summed E-state index contributed by atoms with van der Waals surface area (Å²) in [6, 6.07) is 78.3. The fraction of sp³-hybridized carbons (Fsp3) is 0.0400. The molecule has 240 valence electrons. The van der Waals surface area contributed by atoms with Gasteiger partial charge in [-0.2, -0.15) is 0 Å². The molecule has 0 aliphatic carbocycles. The number of hydrogen-bond donors (Lipinski definition) is 0. The van der Waals surface area contributed by atoms with Crippen LogP contribution in [0.15, 0.2) is 212 Å². The van der Waals surface area contributed by atoms with Crippen LogP contribution >= 0.6 is 0 Å². The van der Waals surface area contributed by atoms with Crippen molar-refractivity contribution >= 4 is 40.1 Å². The summed E-state index contributed by atoms with van der Waals surface area (Å²) in [6.07, 6.45) is 0. The van der Waals surface area contributed by atoms with Gasteiger partial charge in [0.25, 0.3) is 0 Å². The van der Waals surface area contributed by atoms with Gasteiger partial charge in [0.05, 0.1) is 0 Å². The normalized spacial score (nSPS) is 17.1. The smallest absolute Gasteiger partial charge is 0.0626 e. The van der Waals surface area contributed by atoms with Gasteiger partial charge in [0, 0.05) is 0 Å². The minimum absolute atomic E-state index is 0.0630. The minimum Gasteiger partial charge on any atom is -0.0626 e. The molecule has 51 heavy (non-hydrogen) atoms. The summed E-state index contributed by atoms with van der Waals surface area (Å²) in [5.41, 5.74) is 17.1. The van der Waals surface area contributed by atoms with E-state index in [4.69, 9.17) is 0 Å². The number of allylic oxidation sites excluding steroid dienone is 5. The van der Waals surface area contributed by atoms with Gasteiger partial charge < -0.3 is 0 Å². The molecule has 2 heterocycles. The Kier molecular flexibility index (Phi) is 8.24. The summed E-state index contributed by atoms with van der Waals surface area (Å²) in [4.78, 5) is 0. The van der Waals surface area contributed by atoms with Crippen LogP contribution in [0.2, 0.25) is 5.82 Å². The molecule has 0 spiro atoms. The molecule has 0 amide bonds. The molecular weight excluding hydrogens is 611 g/mol. The molecule has 7 aromatic carbocycles. The largest absolute Gasteiger partial charge is 0.202 e.